The minimum absolute atomic E-state index is 0.0646. The van der Waals surface area contributed by atoms with E-state index in [9.17, 15) is 18.0 Å². The maximum absolute atomic E-state index is 12.9. The molecule has 1 amide bonds. The zero-order valence-electron chi connectivity index (χ0n) is 17.3. The van der Waals surface area contributed by atoms with Gasteiger partial charge >= 0.3 is 6.18 Å². The number of thioether (sulfide) groups is 1. The zero-order chi connectivity index (χ0) is 21.7. The third-order valence-corrected chi connectivity index (χ3v) is 4.84. The molecule has 0 spiro atoms. The van der Waals surface area contributed by atoms with Gasteiger partial charge in [0.1, 0.15) is 0 Å². The van der Waals surface area contributed by atoms with Gasteiger partial charge in [-0.1, -0.05) is 25.0 Å². The molecule has 1 aromatic rings. The van der Waals surface area contributed by atoms with E-state index in [0.717, 1.165) is 37.1 Å². The zero-order valence-corrected chi connectivity index (χ0v) is 18.1. The quantitative estimate of drug-likeness (QED) is 0.318. The van der Waals surface area contributed by atoms with Crippen molar-refractivity contribution in [3.05, 3.63) is 35.4 Å². The molecule has 0 heterocycles. The van der Waals surface area contributed by atoms with Crippen LogP contribution in [-0.2, 0) is 17.5 Å². The molecule has 0 radical (unpaired) electrons. The SMILES string of the molecule is CSCCCCCCNC(=NCc1cccc(C(F)(F)F)c1)NCC(=O)N(C)C. The highest BCUT2D eigenvalue weighted by Gasteiger charge is 2.30. The number of benzene rings is 1. The summed E-state index contributed by atoms with van der Waals surface area (Å²) in [5.41, 5.74) is -0.238. The molecule has 164 valence electrons. The topological polar surface area (TPSA) is 56.7 Å². The minimum atomic E-state index is -4.38. The molecule has 5 nitrogen and oxygen atoms in total. The Balaban J connectivity index is 2.65. The van der Waals surface area contributed by atoms with Crippen molar-refractivity contribution in [2.45, 2.75) is 38.4 Å². The molecule has 0 aliphatic heterocycles. The third-order valence-electron chi connectivity index (χ3n) is 4.15. The van der Waals surface area contributed by atoms with Crippen LogP contribution in [0.3, 0.4) is 0 Å². The number of rotatable bonds is 11. The molecular formula is C20H31F3N4OS. The van der Waals surface area contributed by atoms with Gasteiger partial charge in [-0.05, 0) is 42.5 Å². The lowest BCUT2D eigenvalue weighted by atomic mass is 10.1. The summed E-state index contributed by atoms with van der Waals surface area (Å²) in [6.45, 7) is 0.835. The number of nitrogens with zero attached hydrogens (tertiary/aromatic N) is 2. The van der Waals surface area contributed by atoms with Crippen molar-refractivity contribution < 1.29 is 18.0 Å². The summed E-state index contributed by atoms with van der Waals surface area (Å²) in [6.07, 6.45) is 2.10. The average molecular weight is 433 g/mol. The van der Waals surface area contributed by atoms with Crippen molar-refractivity contribution in [1.82, 2.24) is 15.5 Å². The monoisotopic (exact) mass is 432 g/mol. The number of likely N-dealkylation sites (N-methyl/N-ethyl adjacent to an activating group) is 1. The third kappa shape index (κ3) is 11.0. The lowest BCUT2D eigenvalue weighted by Crippen LogP contribution is -2.43. The van der Waals surface area contributed by atoms with E-state index in [0.29, 0.717) is 18.1 Å². The van der Waals surface area contributed by atoms with Gasteiger partial charge < -0.3 is 15.5 Å². The predicted octanol–water partition coefficient (Wildman–Crippen LogP) is 3.75. The molecule has 0 aliphatic carbocycles. The van der Waals surface area contributed by atoms with Crippen LogP contribution in [0.1, 0.15) is 36.8 Å². The first-order valence-electron chi connectivity index (χ1n) is 9.61. The molecule has 0 unspecified atom stereocenters. The number of nitrogens with one attached hydrogen (secondary N) is 2. The Morgan fingerprint density at radius 3 is 2.52 bits per heavy atom. The summed E-state index contributed by atoms with van der Waals surface area (Å²) >= 11 is 1.84. The highest BCUT2D eigenvalue weighted by Crippen LogP contribution is 2.29. The fourth-order valence-electron chi connectivity index (χ4n) is 2.44. The van der Waals surface area contributed by atoms with Crippen LogP contribution in [0.15, 0.2) is 29.3 Å². The molecule has 2 N–H and O–H groups in total. The van der Waals surface area contributed by atoms with Crippen LogP contribution in [0.4, 0.5) is 13.2 Å². The Kier molecular flexibility index (Phi) is 11.6. The molecular weight excluding hydrogens is 401 g/mol. The molecule has 1 aromatic carbocycles. The fourth-order valence-corrected chi connectivity index (χ4v) is 2.93. The van der Waals surface area contributed by atoms with Crippen LogP contribution in [0, 0.1) is 0 Å². The second-order valence-electron chi connectivity index (χ2n) is 6.84. The Morgan fingerprint density at radius 1 is 1.14 bits per heavy atom. The van der Waals surface area contributed by atoms with E-state index in [2.05, 4.69) is 21.9 Å². The van der Waals surface area contributed by atoms with Crippen molar-refractivity contribution >= 4 is 23.6 Å². The Labute approximate surface area is 175 Å². The number of hydrogen-bond donors (Lipinski definition) is 2. The van der Waals surface area contributed by atoms with Gasteiger partial charge in [-0.2, -0.15) is 24.9 Å². The van der Waals surface area contributed by atoms with Gasteiger partial charge in [0.2, 0.25) is 5.91 Å². The Bertz CT molecular complexity index is 651. The highest BCUT2D eigenvalue weighted by molar-refractivity contribution is 7.98. The fraction of sp³-hybridized carbons (Fsp3) is 0.600. The van der Waals surface area contributed by atoms with Gasteiger partial charge in [0, 0.05) is 20.6 Å². The van der Waals surface area contributed by atoms with E-state index in [4.69, 9.17) is 0 Å². The van der Waals surface area contributed by atoms with Crippen molar-refractivity contribution in [2.24, 2.45) is 4.99 Å². The first-order valence-corrected chi connectivity index (χ1v) is 11.0. The standard InChI is InChI=1S/C20H31F3N4OS/c1-27(2)18(28)15-26-19(24-11-6-4-5-7-12-29-3)25-14-16-9-8-10-17(13-16)20(21,22)23/h8-10,13H,4-7,11-12,14-15H2,1-3H3,(H2,24,25,26). The molecule has 1 rings (SSSR count). The molecule has 0 saturated carbocycles. The van der Waals surface area contributed by atoms with Crippen LogP contribution < -0.4 is 10.6 Å². The summed E-state index contributed by atoms with van der Waals surface area (Å²) < 4.78 is 38.6. The number of guanidine groups is 1. The van der Waals surface area contributed by atoms with E-state index in [1.807, 2.05) is 11.8 Å². The van der Waals surface area contributed by atoms with Gasteiger partial charge in [0.05, 0.1) is 18.7 Å². The number of halogens is 3. The summed E-state index contributed by atoms with van der Waals surface area (Å²) in [7, 11) is 3.32. The predicted molar refractivity (Wildman–Crippen MR) is 114 cm³/mol. The number of hydrogen-bond acceptors (Lipinski definition) is 3. The van der Waals surface area contributed by atoms with Crippen molar-refractivity contribution in [3.63, 3.8) is 0 Å². The van der Waals surface area contributed by atoms with E-state index in [-0.39, 0.29) is 19.0 Å². The summed E-state index contributed by atoms with van der Waals surface area (Å²) in [5, 5.41) is 6.11. The van der Waals surface area contributed by atoms with Crippen LogP contribution in [0.2, 0.25) is 0 Å². The van der Waals surface area contributed by atoms with E-state index >= 15 is 0 Å². The molecule has 9 heteroatoms. The summed E-state index contributed by atoms with van der Waals surface area (Å²) in [6, 6.07) is 5.11. The first kappa shape index (κ1) is 25.1. The van der Waals surface area contributed by atoms with Gasteiger partial charge in [0.15, 0.2) is 5.96 Å². The Hall–Kier alpha value is -1.90. The maximum atomic E-state index is 12.9. The lowest BCUT2D eigenvalue weighted by Gasteiger charge is -2.15. The molecule has 0 aliphatic rings. The summed E-state index contributed by atoms with van der Waals surface area (Å²) in [5.74, 6) is 1.46. The number of carbonyl (C=O) groups excluding carboxylic acids is 1. The number of carbonyl (C=O) groups is 1. The molecule has 0 fully saturated rings. The highest BCUT2D eigenvalue weighted by atomic mass is 32.2. The number of unbranched alkanes of at least 4 members (excludes halogenated alkanes) is 3. The van der Waals surface area contributed by atoms with Crippen LogP contribution >= 0.6 is 11.8 Å². The van der Waals surface area contributed by atoms with Crippen molar-refractivity contribution in [3.8, 4) is 0 Å². The second-order valence-corrected chi connectivity index (χ2v) is 7.82. The van der Waals surface area contributed by atoms with Crippen LogP contribution in [-0.4, -0.2) is 56.0 Å². The summed E-state index contributed by atoms with van der Waals surface area (Å²) in [4.78, 5) is 17.6. The first-order chi connectivity index (χ1) is 13.7. The van der Waals surface area contributed by atoms with E-state index < -0.39 is 11.7 Å². The lowest BCUT2D eigenvalue weighted by molar-refractivity contribution is -0.137. The number of aliphatic imine (C=N–C) groups is 1. The van der Waals surface area contributed by atoms with Crippen molar-refractivity contribution in [1.29, 1.82) is 0 Å². The number of alkyl halides is 3. The molecule has 0 aromatic heterocycles. The number of amides is 1. The normalized spacial score (nSPS) is 12.0. The Morgan fingerprint density at radius 2 is 1.86 bits per heavy atom. The van der Waals surface area contributed by atoms with Crippen LogP contribution in [0.5, 0.6) is 0 Å². The van der Waals surface area contributed by atoms with E-state index in [1.165, 1.54) is 17.4 Å². The maximum Gasteiger partial charge on any atom is 0.416 e. The smallest absolute Gasteiger partial charge is 0.356 e. The van der Waals surface area contributed by atoms with E-state index in [1.54, 1.807) is 20.2 Å². The molecule has 29 heavy (non-hydrogen) atoms. The largest absolute Gasteiger partial charge is 0.416 e. The van der Waals surface area contributed by atoms with Gasteiger partial charge in [0.25, 0.3) is 0 Å². The van der Waals surface area contributed by atoms with Crippen molar-refractivity contribution in [2.75, 3.05) is 39.2 Å². The minimum Gasteiger partial charge on any atom is -0.356 e. The van der Waals surface area contributed by atoms with Gasteiger partial charge in [-0.25, -0.2) is 4.99 Å². The molecule has 0 saturated heterocycles. The average Bonchev–Trinajstić information content (AvgIpc) is 2.67. The van der Waals surface area contributed by atoms with Gasteiger partial charge in [-0.3, -0.25) is 4.79 Å². The second kappa shape index (κ2) is 13.3. The van der Waals surface area contributed by atoms with Crippen LogP contribution in [0.25, 0.3) is 0 Å². The molecule has 0 bridgehead atoms. The van der Waals surface area contributed by atoms with Gasteiger partial charge in [-0.15, -0.1) is 0 Å². The molecule has 0 atom stereocenters.